The summed E-state index contributed by atoms with van der Waals surface area (Å²) in [6.07, 6.45) is 5.15. The third-order valence-corrected chi connectivity index (χ3v) is 1.95. The zero-order valence-electron chi connectivity index (χ0n) is 9.04. The van der Waals surface area contributed by atoms with E-state index in [0.29, 0.717) is 0 Å². The lowest BCUT2D eigenvalue weighted by atomic mass is 10.2. The second-order valence-electron chi connectivity index (χ2n) is 3.00. The first-order valence-electron chi connectivity index (χ1n) is 4.69. The van der Waals surface area contributed by atoms with Crippen LogP contribution in [0.1, 0.15) is 5.56 Å². The fourth-order valence-electron chi connectivity index (χ4n) is 1.25. The van der Waals surface area contributed by atoms with E-state index in [2.05, 4.69) is 11.2 Å². The van der Waals surface area contributed by atoms with Crippen LogP contribution >= 0.6 is 0 Å². The molecule has 0 amide bonds. The third-order valence-electron chi connectivity index (χ3n) is 1.95. The van der Waals surface area contributed by atoms with Crippen LogP contribution < -0.4 is 14.8 Å². The van der Waals surface area contributed by atoms with Gasteiger partial charge in [-0.05, 0) is 13.1 Å². The summed E-state index contributed by atoms with van der Waals surface area (Å²) in [6, 6.07) is 5.70. The van der Waals surface area contributed by atoms with Gasteiger partial charge in [-0.15, -0.1) is 6.42 Å². The van der Waals surface area contributed by atoms with Gasteiger partial charge in [0, 0.05) is 18.2 Å². The van der Waals surface area contributed by atoms with Crippen molar-refractivity contribution in [2.24, 2.45) is 0 Å². The van der Waals surface area contributed by atoms with Crippen LogP contribution in [-0.2, 0) is 6.54 Å². The summed E-state index contributed by atoms with van der Waals surface area (Å²) in [5.41, 5.74) is 1.06. The van der Waals surface area contributed by atoms with Gasteiger partial charge < -0.3 is 14.8 Å². The largest absolute Gasteiger partial charge is 0.497 e. The molecule has 0 radical (unpaired) electrons. The Kier molecular flexibility index (Phi) is 4.52. The van der Waals surface area contributed by atoms with Crippen molar-refractivity contribution in [2.75, 3.05) is 20.8 Å². The quantitative estimate of drug-likeness (QED) is 0.738. The van der Waals surface area contributed by atoms with E-state index in [0.717, 1.165) is 23.6 Å². The summed E-state index contributed by atoms with van der Waals surface area (Å²) < 4.78 is 10.5. The summed E-state index contributed by atoms with van der Waals surface area (Å²) in [7, 11) is 3.51. The van der Waals surface area contributed by atoms with Crippen LogP contribution in [0.2, 0.25) is 0 Å². The molecule has 0 atom stereocenters. The fraction of sp³-hybridized carbons (Fsp3) is 0.333. The van der Waals surface area contributed by atoms with Crippen molar-refractivity contribution in [2.45, 2.75) is 6.54 Å². The lowest BCUT2D eigenvalue weighted by Gasteiger charge is -2.10. The van der Waals surface area contributed by atoms with Gasteiger partial charge in [-0.3, -0.25) is 0 Å². The van der Waals surface area contributed by atoms with Gasteiger partial charge in [0.2, 0.25) is 0 Å². The number of ether oxygens (including phenoxy) is 2. The molecule has 0 bridgehead atoms. The average molecular weight is 205 g/mol. The number of benzene rings is 1. The first-order valence-corrected chi connectivity index (χ1v) is 4.69. The van der Waals surface area contributed by atoms with E-state index < -0.39 is 0 Å². The molecule has 1 aromatic rings. The Bertz CT molecular complexity index is 355. The normalized spacial score (nSPS) is 9.40. The van der Waals surface area contributed by atoms with Crippen LogP contribution in [-0.4, -0.2) is 20.8 Å². The Hall–Kier alpha value is -1.66. The summed E-state index contributed by atoms with van der Waals surface area (Å²) in [6.45, 7) is 1.01. The molecule has 0 aliphatic rings. The molecular weight excluding hydrogens is 190 g/mol. The molecule has 0 heterocycles. The topological polar surface area (TPSA) is 30.5 Å². The van der Waals surface area contributed by atoms with E-state index in [1.54, 1.807) is 7.11 Å². The van der Waals surface area contributed by atoms with Crippen molar-refractivity contribution >= 4 is 0 Å². The van der Waals surface area contributed by atoms with Crippen LogP contribution in [0.5, 0.6) is 11.5 Å². The lowest BCUT2D eigenvalue weighted by Crippen LogP contribution is -2.07. The molecule has 1 N–H and O–H groups in total. The van der Waals surface area contributed by atoms with Gasteiger partial charge in [0.05, 0.1) is 7.11 Å². The molecule has 0 saturated heterocycles. The van der Waals surface area contributed by atoms with Crippen molar-refractivity contribution in [3.8, 4) is 23.8 Å². The molecule has 1 rings (SSSR count). The average Bonchev–Trinajstić information content (AvgIpc) is 2.28. The smallest absolute Gasteiger partial charge is 0.148 e. The molecule has 0 fully saturated rings. The van der Waals surface area contributed by atoms with Crippen molar-refractivity contribution in [3.05, 3.63) is 23.8 Å². The second-order valence-corrected chi connectivity index (χ2v) is 3.00. The van der Waals surface area contributed by atoms with Gasteiger partial charge in [0.25, 0.3) is 0 Å². The highest BCUT2D eigenvalue weighted by atomic mass is 16.5. The number of hydrogen-bond donors (Lipinski definition) is 1. The molecule has 0 aliphatic heterocycles. The monoisotopic (exact) mass is 205 g/mol. The van der Waals surface area contributed by atoms with Gasteiger partial charge in [-0.25, -0.2) is 0 Å². The van der Waals surface area contributed by atoms with E-state index in [1.165, 1.54) is 0 Å². The maximum atomic E-state index is 5.43. The molecule has 1 aromatic carbocycles. The number of nitrogens with one attached hydrogen (secondary N) is 1. The molecule has 15 heavy (non-hydrogen) atoms. The van der Waals surface area contributed by atoms with Crippen LogP contribution in [0.3, 0.4) is 0 Å². The SMILES string of the molecule is C#CCOc1cc(OC)ccc1CNC. The highest BCUT2D eigenvalue weighted by Crippen LogP contribution is 2.24. The Labute approximate surface area is 90.4 Å². The van der Waals surface area contributed by atoms with Gasteiger partial charge >= 0.3 is 0 Å². The van der Waals surface area contributed by atoms with Crippen LogP contribution in [0.4, 0.5) is 0 Å². The molecule has 3 nitrogen and oxygen atoms in total. The zero-order valence-corrected chi connectivity index (χ0v) is 9.04. The van der Waals surface area contributed by atoms with Crippen LogP contribution in [0, 0.1) is 12.3 Å². The minimum absolute atomic E-state index is 0.268. The lowest BCUT2D eigenvalue weighted by molar-refractivity contribution is 0.358. The van der Waals surface area contributed by atoms with Crippen LogP contribution in [0.25, 0.3) is 0 Å². The maximum absolute atomic E-state index is 5.43. The first-order chi connectivity index (χ1) is 7.31. The second kappa shape index (κ2) is 5.94. The highest BCUT2D eigenvalue weighted by molar-refractivity contribution is 5.40. The van der Waals surface area contributed by atoms with Crippen molar-refractivity contribution in [1.82, 2.24) is 5.32 Å². The zero-order chi connectivity index (χ0) is 11.1. The predicted molar refractivity (Wildman–Crippen MR) is 60.1 cm³/mol. The van der Waals surface area contributed by atoms with Gasteiger partial charge in [0.15, 0.2) is 0 Å². The highest BCUT2D eigenvalue weighted by Gasteiger charge is 2.04. The molecular formula is C12H15NO2. The van der Waals surface area contributed by atoms with Crippen molar-refractivity contribution in [1.29, 1.82) is 0 Å². The van der Waals surface area contributed by atoms with E-state index in [4.69, 9.17) is 15.9 Å². The van der Waals surface area contributed by atoms with Gasteiger partial charge in [0.1, 0.15) is 18.1 Å². The van der Waals surface area contributed by atoms with E-state index in [1.807, 2.05) is 25.2 Å². The Morgan fingerprint density at radius 3 is 2.87 bits per heavy atom. The van der Waals surface area contributed by atoms with E-state index >= 15 is 0 Å². The number of hydrogen-bond acceptors (Lipinski definition) is 3. The van der Waals surface area contributed by atoms with E-state index in [-0.39, 0.29) is 6.61 Å². The molecule has 3 heteroatoms. The minimum atomic E-state index is 0.268. The van der Waals surface area contributed by atoms with Gasteiger partial charge in [-0.2, -0.15) is 0 Å². The maximum Gasteiger partial charge on any atom is 0.148 e. The molecule has 0 aliphatic carbocycles. The number of terminal acetylenes is 1. The number of methoxy groups -OCH3 is 1. The molecule has 80 valence electrons. The molecule has 0 unspecified atom stereocenters. The van der Waals surface area contributed by atoms with Crippen molar-refractivity contribution in [3.63, 3.8) is 0 Å². The fourth-order valence-corrected chi connectivity index (χ4v) is 1.25. The first kappa shape index (κ1) is 11.4. The molecule has 0 saturated carbocycles. The predicted octanol–water partition coefficient (Wildman–Crippen LogP) is 1.43. The summed E-state index contributed by atoms with van der Waals surface area (Å²) in [5, 5.41) is 3.07. The Balaban J connectivity index is 2.89. The van der Waals surface area contributed by atoms with Crippen LogP contribution in [0.15, 0.2) is 18.2 Å². The number of rotatable bonds is 5. The summed E-state index contributed by atoms with van der Waals surface area (Å²) in [5.74, 6) is 3.97. The third kappa shape index (κ3) is 3.19. The molecule has 0 spiro atoms. The summed E-state index contributed by atoms with van der Waals surface area (Å²) in [4.78, 5) is 0. The van der Waals surface area contributed by atoms with Gasteiger partial charge in [-0.1, -0.05) is 12.0 Å². The standard InChI is InChI=1S/C12H15NO2/c1-4-7-15-12-8-11(14-3)6-5-10(12)9-13-2/h1,5-6,8,13H,7,9H2,2-3H3. The summed E-state index contributed by atoms with van der Waals surface area (Å²) >= 11 is 0. The Morgan fingerprint density at radius 2 is 2.27 bits per heavy atom. The van der Waals surface area contributed by atoms with E-state index in [9.17, 15) is 0 Å². The molecule has 0 aromatic heterocycles. The minimum Gasteiger partial charge on any atom is -0.497 e. The van der Waals surface area contributed by atoms with Crippen molar-refractivity contribution < 1.29 is 9.47 Å². The Morgan fingerprint density at radius 1 is 1.47 bits per heavy atom.